The van der Waals surface area contributed by atoms with Gasteiger partial charge in [-0.2, -0.15) is 0 Å². The predicted molar refractivity (Wildman–Crippen MR) is 85.7 cm³/mol. The van der Waals surface area contributed by atoms with E-state index in [-0.39, 0.29) is 16.9 Å². The SMILES string of the molecule is COCCc1ccc(S(=O)(=O)NC2CCC(C(=O)O)CC2)cc1. The third-order valence-electron chi connectivity index (χ3n) is 4.23. The highest BCUT2D eigenvalue weighted by molar-refractivity contribution is 7.89. The van der Waals surface area contributed by atoms with Crippen LogP contribution in [0.25, 0.3) is 0 Å². The van der Waals surface area contributed by atoms with Gasteiger partial charge in [0, 0.05) is 13.2 Å². The molecule has 23 heavy (non-hydrogen) atoms. The van der Waals surface area contributed by atoms with Crippen LogP contribution in [0.3, 0.4) is 0 Å². The fourth-order valence-electron chi connectivity index (χ4n) is 2.80. The van der Waals surface area contributed by atoms with Crippen molar-refractivity contribution in [3.8, 4) is 0 Å². The molecule has 0 radical (unpaired) electrons. The van der Waals surface area contributed by atoms with Gasteiger partial charge in [0.1, 0.15) is 0 Å². The number of methoxy groups -OCH3 is 1. The molecule has 1 aromatic rings. The lowest BCUT2D eigenvalue weighted by molar-refractivity contribution is -0.142. The number of rotatable bonds is 7. The number of benzene rings is 1. The van der Waals surface area contributed by atoms with Crippen molar-refractivity contribution >= 4 is 16.0 Å². The monoisotopic (exact) mass is 341 g/mol. The van der Waals surface area contributed by atoms with Crippen molar-refractivity contribution in [2.24, 2.45) is 5.92 Å². The fourth-order valence-corrected chi connectivity index (χ4v) is 4.11. The summed E-state index contributed by atoms with van der Waals surface area (Å²) < 4.78 is 32.5. The minimum absolute atomic E-state index is 0.191. The van der Waals surface area contributed by atoms with Gasteiger partial charge in [0.05, 0.1) is 17.4 Å². The van der Waals surface area contributed by atoms with E-state index in [1.807, 2.05) is 0 Å². The Morgan fingerprint density at radius 1 is 1.22 bits per heavy atom. The maximum atomic E-state index is 12.4. The molecule has 0 atom stereocenters. The molecule has 0 heterocycles. The summed E-state index contributed by atoms with van der Waals surface area (Å²) in [6.07, 6.45) is 2.88. The number of ether oxygens (including phenoxy) is 1. The van der Waals surface area contributed by atoms with Crippen LogP contribution in [0.15, 0.2) is 29.2 Å². The van der Waals surface area contributed by atoms with Crippen molar-refractivity contribution < 1.29 is 23.1 Å². The topological polar surface area (TPSA) is 92.7 Å². The summed E-state index contributed by atoms with van der Waals surface area (Å²) in [6.45, 7) is 0.594. The normalized spacial score (nSPS) is 22.0. The Hall–Kier alpha value is -1.44. The second-order valence-electron chi connectivity index (χ2n) is 5.89. The quantitative estimate of drug-likeness (QED) is 0.789. The first kappa shape index (κ1) is 17.9. The van der Waals surface area contributed by atoms with E-state index < -0.39 is 16.0 Å². The number of hydrogen-bond acceptors (Lipinski definition) is 4. The molecule has 0 bridgehead atoms. The van der Waals surface area contributed by atoms with Crippen LogP contribution in [0.5, 0.6) is 0 Å². The molecule has 0 aromatic heterocycles. The minimum Gasteiger partial charge on any atom is -0.481 e. The molecule has 2 rings (SSSR count). The molecule has 2 N–H and O–H groups in total. The zero-order chi connectivity index (χ0) is 16.9. The highest BCUT2D eigenvalue weighted by Crippen LogP contribution is 2.25. The third-order valence-corrected chi connectivity index (χ3v) is 5.76. The zero-order valence-corrected chi connectivity index (χ0v) is 14.0. The maximum Gasteiger partial charge on any atom is 0.306 e. The highest BCUT2D eigenvalue weighted by Gasteiger charge is 2.28. The summed E-state index contributed by atoms with van der Waals surface area (Å²) >= 11 is 0. The first-order valence-electron chi connectivity index (χ1n) is 7.75. The van der Waals surface area contributed by atoms with Crippen LogP contribution in [0, 0.1) is 5.92 Å². The summed E-state index contributed by atoms with van der Waals surface area (Å²) in [6, 6.07) is 6.57. The Morgan fingerprint density at radius 3 is 2.35 bits per heavy atom. The van der Waals surface area contributed by atoms with Gasteiger partial charge in [-0.25, -0.2) is 13.1 Å². The van der Waals surface area contributed by atoms with Crippen molar-refractivity contribution in [1.29, 1.82) is 0 Å². The van der Waals surface area contributed by atoms with Gasteiger partial charge < -0.3 is 9.84 Å². The molecule has 1 aromatic carbocycles. The van der Waals surface area contributed by atoms with E-state index in [4.69, 9.17) is 9.84 Å². The molecule has 1 aliphatic carbocycles. The molecule has 0 aliphatic heterocycles. The van der Waals surface area contributed by atoms with Crippen LogP contribution in [-0.4, -0.2) is 39.3 Å². The number of nitrogens with one attached hydrogen (secondary N) is 1. The second kappa shape index (κ2) is 7.90. The lowest BCUT2D eigenvalue weighted by Crippen LogP contribution is -2.38. The van der Waals surface area contributed by atoms with Gasteiger partial charge in [0.25, 0.3) is 0 Å². The first-order valence-corrected chi connectivity index (χ1v) is 9.23. The summed E-state index contributed by atoms with van der Waals surface area (Å²) in [5.74, 6) is -1.14. The Balaban J connectivity index is 1.95. The van der Waals surface area contributed by atoms with Crippen LogP contribution in [0.2, 0.25) is 0 Å². The summed E-state index contributed by atoms with van der Waals surface area (Å²) in [7, 11) is -1.94. The number of carboxylic acid groups (broad SMARTS) is 1. The smallest absolute Gasteiger partial charge is 0.306 e. The van der Waals surface area contributed by atoms with E-state index in [2.05, 4.69) is 4.72 Å². The van der Waals surface area contributed by atoms with Crippen LogP contribution in [0.4, 0.5) is 0 Å². The summed E-state index contributed by atoms with van der Waals surface area (Å²) in [5, 5.41) is 8.98. The van der Waals surface area contributed by atoms with E-state index in [1.165, 1.54) is 0 Å². The van der Waals surface area contributed by atoms with Crippen molar-refractivity contribution in [1.82, 2.24) is 4.72 Å². The number of sulfonamides is 1. The standard InChI is InChI=1S/C16H23NO5S/c1-22-11-10-12-2-8-15(9-3-12)23(20,21)17-14-6-4-13(5-7-14)16(18)19/h2-3,8-9,13-14,17H,4-7,10-11H2,1H3,(H,18,19). The number of hydrogen-bond donors (Lipinski definition) is 2. The van der Waals surface area contributed by atoms with E-state index >= 15 is 0 Å². The molecule has 7 heteroatoms. The van der Waals surface area contributed by atoms with Gasteiger partial charge in [0.15, 0.2) is 0 Å². The van der Waals surface area contributed by atoms with Gasteiger partial charge in [0.2, 0.25) is 10.0 Å². The van der Waals surface area contributed by atoms with Crippen LogP contribution in [-0.2, 0) is 26.0 Å². The molecule has 0 unspecified atom stereocenters. The second-order valence-corrected chi connectivity index (χ2v) is 7.61. The van der Waals surface area contributed by atoms with Gasteiger partial charge in [-0.15, -0.1) is 0 Å². The van der Waals surface area contributed by atoms with Crippen LogP contribution in [0.1, 0.15) is 31.2 Å². The molecule has 0 amide bonds. The van der Waals surface area contributed by atoms with Crippen LogP contribution < -0.4 is 4.72 Å². The fraction of sp³-hybridized carbons (Fsp3) is 0.562. The first-order chi connectivity index (χ1) is 10.9. The van der Waals surface area contributed by atoms with E-state index in [0.29, 0.717) is 32.3 Å². The average molecular weight is 341 g/mol. The zero-order valence-electron chi connectivity index (χ0n) is 13.2. The van der Waals surface area contributed by atoms with E-state index in [9.17, 15) is 13.2 Å². The van der Waals surface area contributed by atoms with E-state index in [1.54, 1.807) is 31.4 Å². The van der Waals surface area contributed by atoms with Crippen molar-refractivity contribution in [3.05, 3.63) is 29.8 Å². The average Bonchev–Trinajstić information content (AvgIpc) is 2.53. The van der Waals surface area contributed by atoms with Crippen LogP contribution >= 0.6 is 0 Å². The summed E-state index contributed by atoms with van der Waals surface area (Å²) in [5.41, 5.74) is 1.02. The van der Waals surface area contributed by atoms with Gasteiger partial charge in [-0.05, 0) is 49.8 Å². The maximum absolute atomic E-state index is 12.4. The third kappa shape index (κ3) is 5.02. The van der Waals surface area contributed by atoms with Gasteiger partial charge in [-0.3, -0.25) is 4.79 Å². The molecule has 0 saturated heterocycles. The molecule has 6 nitrogen and oxygen atoms in total. The molecule has 1 saturated carbocycles. The molecule has 0 spiro atoms. The number of aliphatic carboxylic acids is 1. The van der Waals surface area contributed by atoms with Crippen molar-refractivity contribution in [3.63, 3.8) is 0 Å². The number of carboxylic acids is 1. The van der Waals surface area contributed by atoms with Gasteiger partial charge >= 0.3 is 5.97 Å². The number of carbonyl (C=O) groups is 1. The van der Waals surface area contributed by atoms with Crippen molar-refractivity contribution in [2.45, 2.75) is 43.0 Å². The van der Waals surface area contributed by atoms with Gasteiger partial charge in [-0.1, -0.05) is 12.1 Å². The Labute approximate surface area is 136 Å². The lowest BCUT2D eigenvalue weighted by Gasteiger charge is -2.26. The molecular weight excluding hydrogens is 318 g/mol. The Kier molecular flexibility index (Phi) is 6.15. The molecular formula is C16H23NO5S. The molecule has 128 valence electrons. The predicted octanol–water partition coefficient (Wildman–Crippen LogP) is 1.80. The lowest BCUT2D eigenvalue weighted by atomic mass is 9.87. The minimum atomic E-state index is -3.56. The Bertz CT molecular complexity index is 618. The highest BCUT2D eigenvalue weighted by atomic mass is 32.2. The van der Waals surface area contributed by atoms with E-state index in [0.717, 1.165) is 12.0 Å². The Morgan fingerprint density at radius 2 is 1.83 bits per heavy atom. The van der Waals surface area contributed by atoms with Crippen molar-refractivity contribution in [2.75, 3.05) is 13.7 Å². The molecule has 1 fully saturated rings. The molecule has 1 aliphatic rings. The largest absolute Gasteiger partial charge is 0.481 e. The summed E-state index contributed by atoms with van der Waals surface area (Å²) in [4.78, 5) is 11.2.